The molecule has 0 N–H and O–H groups in total. The van der Waals surface area contributed by atoms with Gasteiger partial charge in [-0.15, -0.1) is 0 Å². The minimum Gasteiger partial charge on any atom is -0.418 e. The quantitative estimate of drug-likeness (QED) is 0.500. The van der Waals surface area contributed by atoms with Gasteiger partial charge in [0.2, 0.25) is 0 Å². The van der Waals surface area contributed by atoms with Crippen LogP contribution in [-0.2, 0) is 13.5 Å². The number of hydrogen-bond donors (Lipinski definition) is 0. The molecule has 0 aliphatic heterocycles. The van der Waals surface area contributed by atoms with Crippen LogP contribution in [0, 0.1) is 0 Å². The minimum atomic E-state index is -6.00. The second kappa shape index (κ2) is 4.88. The number of hydrogen-bond acceptors (Lipinski definition) is 1. The number of halogens is 4. The molecule has 0 aliphatic carbocycles. The lowest BCUT2D eigenvalue weighted by Crippen LogP contribution is -2.02. The van der Waals surface area contributed by atoms with Crippen LogP contribution in [0.3, 0.4) is 0 Å². The third-order valence-electron chi connectivity index (χ3n) is 1.24. The molecule has 0 atom stereocenters. The van der Waals surface area contributed by atoms with Gasteiger partial charge in [-0.25, -0.2) is 4.98 Å². The van der Waals surface area contributed by atoms with E-state index in [1.165, 1.54) is 0 Å². The van der Waals surface area contributed by atoms with E-state index in [2.05, 4.69) is 11.9 Å². The maximum atomic E-state index is 9.75. The molecule has 1 heterocycles. The Kier molecular flexibility index (Phi) is 4.51. The summed E-state index contributed by atoms with van der Waals surface area (Å²) in [4.78, 5) is 4.10. The molecule has 1 rings (SSSR count). The maximum Gasteiger partial charge on any atom is 1.00 e. The van der Waals surface area contributed by atoms with Crippen molar-refractivity contribution in [2.45, 2.75) is 13.3 Å². The predicted molar refractivity (Wildman–Crippen MR) is 43.9 cm³/mol. The third-order valence-corrected chi connectivity index (χ3v) is 1.24. The minimum absolute atomic E-state index is 0. The smallest absolute Gasteiger partial charge is 0.418 e. The number of nitrogens with zero attached hydrogens (tertiary/aromatic N) is 2. The van der Waals surface area contributed by atoms with Crippen LogP contribution in [0.2, 0.25) is 0 Å². The van der Waals surface area contributed by atoms with Crippen molar-refractivity contribution in [1.82, 2.24) is 9.55 Å². The van der Waals surface area contributed by atoms with Crippen molar-refractivity contribution in [3.63, 3.8) is 0 Å². The lowest BCUT2D eigenvalue weighted by molar-refractivity contribution is 0.368. The second-order valence-corrected chi connectivity index (χ2v) is 2.30. The van der Waals surface area contributed by atoms with Gasteiger partial charge in [0.1, 0.15) is 5.82 Å². The van der Waals surface area contributed by atoms with Gasteiger partial charge < -0.3 is 21.8 Å². The molecule has 0 bridgehead atoms. The van der Waals surface area contributed by atoms with Gasteiger partial charge in [-0.3, -0.25) is 0 Å². The highest BCUT2D eigenvalue weighted by Gasteiger charge is 2.20. The van der Waals surface area contributed by atoms with Crippen LogP contribution in [-0.4, -0.2) is 16.8 Å². The average molecular weight is 198 g/mol. The molecule has 1 aromatic rings. The van der Waals surface area contributed by atoms with Gasteiger partial charge in [-0.05, 0) is 0 Å². The van der Waals surface area contributed by atoms with Gasteiger partial charge in [-0.1, -0.05) is 6.92 Å². The van der Waals surface area contributed by atoms with Gasteiger partial charge in [-0.2, -0.15) is 0 Å². The summed E-state index contributed by atoms with van der Waals surface area (Å²) in [5, 5.41) is 0. The normalized spacial score (nSPS) is 10.6. The Balaban J connectivity index is 0. The standard InChI is InChI=1S/C6H10N2.BF4/c1-3-6-7-4-5-8(6)2;2-1(3,4)5/h4-5H,3H2,1-2H3;/q;-1/p+1. The predicted octanol–water partition coefficient (Wildman–Crippen LogP) is 2.40. The Morgan fingerprint density at radius 3 is 2.08 bits per heavy atom. The third kappa shape index (κ3) is 7.36. The van der Waals surface area contributed by atoms with E-state index >= 15 is 0 Å². The lowest BCUT2D eigenvalue weighted by atomic mass is 10.3. The van der Waals surface area contributed by atoms with Gasteiger partial charge in [0.25, 0.3) is 0 Å². The van der Waals surface area contributed by atoms with E-state index in [0.717, 1.165) is 12.2 Å². The molecule has 76 valence electrons. The molecule has 7 heteroatoms. The van der Waals surface area contributed by atoms with Gasteiger partial charge >= 0.3 is 8.68 Å². The molecule has 0 radical (unpaired) electrons. The van der Waals surface area contributed by atoms with E-state index in [4.69, 9.17) is 0 Å². The average Bonchev–Trinajstić information content (AvgIpc) is 2.31. The molecule has 0 saturated heterocycles. The fourth-order valence-electron chi connectivity index (χ4n) is 0.737. The van der Waals surface area contributed by atoms with Crippen LogP contribution in [0.1, 0.15) is 14.2 Å². The zero-order valence-electron chi connectivity index (χ0n) is 8.35. The van der Waals surface area contributed by atoms with Gasteiger partial charge in [0.15, 0.2) is 0 Å². The topological polar surface area (TPSA) is 17.8 Å². The molecule has 1 aromatic heterocycles. The Morgan fingerprint density at radius 2 is 1.92 bits per heavy atom. The van der Waals surface area contributed by atoms with Crippen LogP contribution in [0.15, 0.2) is 12.4 Å². The van der Waals surface area contributed by atoms with E-state index in [-0.39, 0.29) is 1.43 Å². The summed E-state index contributed by atoms with van der Waals surface area (Å²) in [5.74, 6) is 1.14. The first-order chi connectivity index (χ1) is 5.84. The summed E-state index contributed by atoms with van der Waals surface area (Å²) in [6.45, 7) is 2.10. The molecular formula is C6H11BF4N2. The Hall–Kier alpha value is -1.01. The summed E-state index contributed by atoms with van der Waals surface area (Å²) in [7, 11) is -3.99. The van der Waals surface area contributed by atoms with E-state index in [1.807, 2.05) is 24.0 Å². The first-order valence-electron chi connectivity index (χ1n) is 3.68. The van der Waals surface area contributed by atoms with E-state index in [0.29, 0.717) is 0 Å². The summed E-state index contributed by atoms with van der Waals surface area (Å²) in [5.41, 5.74) is 0. The molecule has 0 spiro atoms. The highest BCUT2D eigenvalue weighted by atomic mass is 19.5. The zero-order chi connectivity index (χ0) is 10.5. The van der Waals surface area contributed by atoms with Crippen LogP contribution in [0.4, 0.5) is 17.3 Å². The van der Waals surface area contributed by atoms with E-state index in [9.17, 15) is 17.3 Å². The largest absolute Gasteiger partial charge is 1.00 e. The summed E-state index contributed by atoms with van der Waals surface area (Å²) in [6, 6.07) is 0. The number of rotatable bonds is 1. The van der Waals surface area contributed by atoms with Crippen molar-refractivity contribution in [1.29, 1.82) is 0 Å². The van der Waals surface area contributed by atoms with Crippen LogP contribution < -0.4 is 0 Å². The van der Waals surface area contributed by atoms with Crippen molar-refractivity contribution < 1.29 is 18.7 Å². The Bertz CT molecular complexity index is 244. The SMILES string of the molecule is CCc1nccn1C.F[B-](F)(F)F.[H+]. The number of aromatic nitrogens is 2. The van der Waals surface area contributed by atoms with Crippen molar-refractivity contribution >= 4 is 7.25 Å². The highest BCUT2D eigenvalue weighted by Crippen LogP contribution is 2.06. The molecule has 0 amide bonds. The van der Waals surface area contributed by atoms with Crippen molar-refractivity contribution in [3.8, 4) is 0 Å². The fraction of sp³-hybridized carbons (Fsp3) is 0.500. The molecule has 2 nitrogen and oxygen atoms in total. The first kappa shape index (κ1) is 12.0. The van der Waals surface area contributed by atoms with Gasteiger partial charge in [0, 0.05) is 25.9 Å². The van der Waals surface area contributed by atoms with Crippen LogP contribution in [0.5, 0.6) is 0 Å². The van der Waals surface area contributed by atoms with E-state index in [1.54, 1.807) is 0 Å². The molecule has 0 saturated carbocycles. The van der Waals surface area contributed by atoms with E-state index < -0.39 is 7.25 Å². The fourth-order valence-corrected chi connectivity index (χ4v) is 0.737. The highest BCUT2D eigenvalue weighted by molar-refractivity contribution is 6.50. The molecular weight excluding hydrogens is 187 g/mol. The molecule has 0 aromatic carbocycles. The van der Waals surface area contributed by atoms with Crippen molar-refractivity contribution in [3.05, 3.63) is 18.2 Å². The number of imidazole rings is 1. The maximum absolute atomic E-state index is 9.75. The molecule has 0 unspecified atom stereocenters. The lowest BCUT2D eigenvalue weighted by Gasteiger charge is -1.94. The monoisotopic (exact) mass is 198 g/mol. The van der Waals surface area contributed by atoms with Crippen molar-refractivity contribution in [2.24, 2.45) is 7.05 Å². The van der Waals surface area contributed by atoms with Crippen LogP contribution >= 0.6 is 0 Å². The van der Waals surface area contributed by atoms with Crippen LogP contribution in [0.25, 0.3) is 0 Å². The molecule has 0 aliphatic rings. The first-order valence-corrected chi connectivity index (χ1v) is 3.68. The second-order valence-electron chi connectivity index (χ2n) is 2.30. The van der Waals surface area contributed by atoms with Gasteiger partial charge in [0.05, 0.1) is 0 Å². The molecule has 0 fully saturated rings. The Labute approximate surface area is 75.2 Å². The Morgan fingerprint density at radius 1 is 1.46 bits per heavy atom. The zero-order valence-corrected chi connectivity index (χ0v) is 7.35. The molecule has 13 heavy (non-hydrogen) atoms. The summed E-state index contributed by atoms with van der Waals surface area (Å²) < 4.78 is 41.0. The summed E-state index contributed by atoms with van der Waals surface area (Å²) in [6.07, 6.45) is 4.79. The number of aryl methyl sites for hydroxylation is 2. The van der Waals surface area contributed by atoms with Crippen molar-refractivity contribution in [2.75, 3.05) is 0 Å². The summed E-state index contributed by atoms with van der Waals surface area (Å²) >= 11 is 0.